The van der Waals surface area contributed by atoms with E-state index in [1.807, 2.05) is 0 Å². The van der Waals surface area contributed by atoms with E-state index in [9.17, 15) is 9.59 Å². The normalized spacial score (nSPS) is 21.5. The maximum Gasteiger partial charge on any atom is 0.323 e. The average Bonchev–Trinajstić information content (AvgIpc) is 2.53. The first kappa shape index (κ1) is 9.98. The number of aliphatic carboxylic acids is 1. The number of likely N-dealkylation sites (N-methyl/N-ethyl adjacent to an activating group) is 1. The molecule has 0 unspecified atom stereocenters. The molecule has 0 radical (unpaired) electrons. The molecule has 1 rings (SSSR count). The lowest BCUT2D eigenvalue weighted by Crippen LogP contribution is -2.43. The number of nitrogens with zero attached hydrogens (tertiary/aromatic N) is 1. The summed E-state index contributed by atoms with van der Waals surface area (Å²) in [5.74, 6) is -1.10. The van der Waals surface area contributed by atoms with Crippen LogP contribution in [0.5, 0.6) is 0 Å². The van der Waals surface area contributed by atoms with Crippen LogP contribution >= 0.6 is 0 Å². The van der Waals surface area contributed by atoms with Gasteiger partial charge >= 0.3 is 5.97 Å². The molecule has 0 aromatic rings. The highest BCUT2D eigenvalue weighted by Gasteiger charge is 2.25. The molecule has 1 aliphatic heterocycles. The predicted molar refractivity (Wildman–Crippen MR) is 46.3 cm³/mol. The predicted octanol–water partition coefficient (Wildman–Crippen LogP) is -0.719. The molecule has 0 aromatic carbocycles. The molecule has 2 N–H and O–H groups in total. The summed E-state index contributed by atoms with van der Waals surface area (Å²) in [6.45, 7) is 0.619. The van der Waals surface area contributed by atoms with Crippen LogP contribution in [0.15, 0.2) is 0 Å². The van der Waals surface area contributed by atoms with Crippen molar-refractivity contribution in [3.05, 3.63) is 0 Å². The number of hydrogen-bond donors (Lipinski definition) is 2. The Kier molecular flexibility index (Phi) is 3.25. The molecule has 1 amide bonds. The van der Waals surface area contributed by atoms with Gasteiger partial charge in [-0.05, 0) is 19.4 Å². The summed E-state index contributed by atoms with van der Waals surface area (Å²) in [6.07, 6.45) is 1.79. The zero-order chi connectivity index (χ0) is 9.84. The smallest absolute Gasteiger partial charge is 0.323 e. The molecule has 0 bridgehead atoms. The van der Waals surface area contributed by atoms with Crippen molar-refractivity contribution in [2.24, 2.45) is 0 Å². The minimum Gasteiger partial charge on any atom is -0.480 e. The summed E-state index contributed by atoms with van der Waals surface area (Å²) in [5.41, 5.74) is 0. The van der Waals surface area contributed by atoms with Crippen molar-refractivity contribution in [1.82, 2.24) is 10.2 Å². The first-order valence-electron chi connectivity index (χ1n) is 4.31. The van der Waals surface area contributed by atoms with Crippen LogP contribution in [0, 0.1) is 0 Å². The minimum atomic E-state index is -0.978. The number of carboxylic acid groups (broad SMARTS) is 1. The molecule has 5 nitrogen and oxygen atoms in total. The monoisotopic (exact) mass is 186 g/mol. The van der Waals surface area contributed by atoms with Crippen LogP contribution in [0.25, 0.3) is 0 Å². The summed E-state index contributed by atoms with van der Waals surface area (Å²) in [4.78, 5) is 23.0. The Morgan fingerprint density at radius 3 is 2.77 bits per heavy atom. The number of hydrogen-bond acceptors (Lipinski definition) is 3. The third-order valence-corrected chi connectivity index (χ3v) is 2.11. The van der Waals surface area contributed by atoms with Gasteiger partial charge in [-0.1, -0.05) is 0 Å². The molecule has 0 spiro atoms. The Morgan fingerprint density at radius 2 is 2.31 bits per heavy atom. The second-order valence-corrected chi connectivity index (χ2v) is 3.24. The number of nitrogens with one attached hydrogen (secondary N) is 1. The zero-order valence-corrected chi connectivity index (χ0v) is 7.62. The van der Waals surface area contributed by atoms with Crippen LogP contribution in [-0.4, -0.2) is 48.1 Å². The summed E-state index contributed by atoms with van der Waals surface area (Å²) in [5, 5.41) is 11.5. The third-order valence-electron chi connectivity index (χ3n) is 2.11. The molecule has 0 aromatic heterocycles. The number of carbonyl (C=O) groups excluding carboxylic acids is 1. The zero-order valence-electron chi connectivity index (χ0n) is 7.62. The van der Waals surface area contributed by atoms with Gasteiger partial charge in [-0.3, -0.25) is 9.59 Å². The second kappa shape index (κ2) is 4.23. The van der Waals surface area contributed by atoms with Crippen LogP contribution in [0.1, 0.15) is 12.8 Å². The Labute approximate surface area is 76.7 Å². The van der Waals surface area contributed by atoms with Gasteiger partial charge in [0, 0.05) is 7.05 Å². The van der Waals surface area contributed by atoms with Gasteiger partial charge in [0.05, 0.1) is 6.04 Å². The van der Waals surface area contributed by atoms with Gasteiger partial charge in [-0.25, -0.2) is 0 Å². The molecule has 1 atom stereocenters. The van der Waals surface area contributed by atoms with Crippen molar-refractivity contribution in [2.45, 2.75) is 18.9 Å². The summed E-state index contributed by atoms with van der Waals surface area (Å²) in [7, 11) is 1.51. The maximum absolute atomic E-state index is 11.5. The molecule has 0 saturated carbocycles. The molecule has 1 heterocycles. The lowest BCUT2D eigenvalue weighted by molar-refractivity contribution is -0.144. The lowest BCUT2D eigenvalue weighted by atomic mass is 10.2. The Hall–Kier alpha value is -1.10. The van der Waals surface area contributed by atoms with Crippen molar-refractivity contribution >= 4 is 11.9 Å². The van der Waals surface area contributed by atoms with Gasteiger partial charge in [-0.15, -0.1) is 0 Å². The highest BCUT2D eigenvalue weighted by Crippen LogP contribution is 2.07. The van der Waals surface area contributed by atoms with Gasteiger partial charge in [0.1, 0.15) is 6.54 Å². The average molecular weight is 186 g/mol. The topological polar surface area (TPSA) is 69.6 Å². The first-order chi connectivity index (χ1) is 6.11. The van der Waals surface area contributed by atoms with Crippen molar-refractivity contribution < 1.29 is 14.7 Å². The van der Waals surface area contributed by atoms with Gasteiger partial charge in [0.2, 0.25) is 5.91 Å². The van der Waals surface area contributed by atoms with Crippen LogP contribution in [0.3, 0.4) is 0 Å². The van der Waals surface area contributed by atoms with Crippen molar-refractivity contribution in [3.8, 4) is 0 Å². The van der Waals surface area contributed by atoms with Crippen LogP contribution in [-0.2, 0) is 9.59 Å². The van der Waals surface area contributed by atoms with Crippen LogP contribution in [0.2, 0.25) is 0 Å². The fraction of sp³-hybridized carbons (Fsp3) is 0.750. The number of carboxylic acids is 1. The molecule has 1 aliphatic rings. The van der Waals surface area contributed by atoms with Crippen LogP contribution in [0.4, 0.5) is 0 Å². The highest BCUT2D eigenvalue weighted by atomic mass is 16.4. The SMILES string of the molecule is CN(CC(=O)O)C(=O)[C@H]1CCCN1. The highest BCUT2D eigenvalue weighted by molar-refractivity contribution is 5.85. The van der Waals surface area contributed by atoms with E-state index >= 15 is 0 Å². The van der Waals surface area contributed by atoms with E-state index in [4.69, 9.17) is 5.11 Å². The molecule has 74 valence electrons. The van der Waals surface area contributed by atoms with E-state index in [2.05, 4.69) is 5.32 Å². The Balaban J connectivity index is 2.41. The number of carbonyl (C=O) groups is 2. The van der Waals surface area contributed by atoms with E-state index in [0.29, 0.717) is 0 Å². The maximum atomic E-state index is 11.5. The lowest BCUT2D eigenvalue weighted by Gasteiger charge is -2.18. The van der Waals surface area contributed by atoms with Crippen molar-refractivity contribution in [3.63, 3.8) is 0 Å². The fourth-order valence-electron chi connectivity index (χ4n) is 1.44. The first-order valence-corrected chi connectivity index (χ1v) is 4.31. The second-order valence-electron chi connectivity index (χ2n) is 3.24. The van der Waals surface area contributed by atoms with E-state index in [1.54, 1.807) is 0 Å². The Bertz CT molecular complexity index is 211. The summed E-state index contributed by atoms with van der Waals surface area (Å²) in [6, 6.07) is -0.177. The third kappa shape index (κ3) is 2.69. The fourth-order valence-corrected chi connectivity index (χ4v) is 1.44. The van der Waals surface area contributed by atoms with Gasteiger partial charge in [0.15, 0.2) is 0 Å². The summed E-state index contributed by atoms with van der Waals surface area (Å²) >= 11 is 0. The quantitative estimate of drug-likeness (QED) is 0.610. The van der Waals surface area contributed by atoms with Crippen LogP contribution < -0.4 is 5.32 Å². The van der Waals surface area contributed by atoms with Crippen molar-refractivity contribution in [1.29, 1.82) is 0 Å². The molecular formula is C8H14N2O3. The van der Waals surface area contributed by atoms with E-state index in [0.717, 1.165) is 19.4 Å². The standard InChI is InChI=1S/C8H14N2O3/c1-10(5-7(11)12)8(13)6-3-2-4-9-6/h6,9H,2-5H2,1H3,(H,11,12)/t6-/m1/s1. The van der Waals surface area contributed by atoms with Gasteiger partial charge in [-0.2, -0.15) is 0 Å². The van der Waals surface area contributed by atoms with Gasteiger partial charge in [0.25, 0.3) is 0 Å². The van der Waals surface area contributed by atoms with E-state index < -0.39 is 5.97 Å². The summed E-state index contributed by atoms with van der Waals surface area (Å²) < 4.78 is 0. The Morgan fingerprint density at radius 1 is 1.62 bits per heavy atom. The number of rotatable bonds is 3. The molecule has 1 saturated heterocycles. The minimum absolute atomic E-state index is 0.125. The van der Waals surface area contributed by atoms with E-state index in [-0.39, 0.29) is 18.5 Å². The molecule has 13 heavy (non-hydrogen) atoms. The van der Waals surface area contributed by atoms with Crippen molar-refractivity contribution in [2.75, 3.05) is 20.1 Å². The molecule has 0 aliphatic carbocycles. The molecule has 1 fully saturated rings. The largest absolute Gasteiger partial charge is 0.480 e. The molecular weight excluding hydrogens is 172 g/mol. The van der Waals surface area contributed by atoms with E-state index in [1.165, 1.54) is 11.9 Å². The molecule has 5 heteroatoms. The van der Waals surface area contributed by atoms with Gasteiger partial charge < -0.3 is 15.3 Å². The number of amides is 1.